The highest BCUT2D eigenvalue weighted by Crippen LogP contribution is 2.17. The van der Waals surface area contributed by atoms with Crippen molar-refractivity contribution in [2.24, 2.45) is 0 Å². The molecule has 0 N–H and O–H groups in total. The van der Waals surface area contributed by atoms with Gasteiger partial charge >= 0.3 is 17.9 Å². The van der Waals surface area contributed by atoms with Gasteiger partial charge in [0.1, 0.15) is 13.2 Å². The number of ether oxygens (including phenoxy) is 3. The molecule has 0 aliphatic heterocycles. The van der Waals surface area contributed by atoms with Crippen molar-refractivity contribution in [2.75, 3.05) is 13.2 Å². The Morgan fingerprint density at radius 2 is 0.534 bits per heavy atom. The molecule has 0 amide bonds. The highest BCUT2D eigenvalue weighted by molar-refractivity contribution is 5.71. The smallest absolute Gasteiger partial charge is 0.306 e. The molecule has 0 aromatic heterocycles. The summed E-state index contributed by atoms with van der Waals surface area (Å²) in [5.74, 6) is -0.920. The lowest BCUT2D eigenvalue weighted by Crippen LogP contribution is -2.30. The molecule has 73 heavy (non-hydrogen) atoms. The molecule has 0 aliphatic carbocycles. The van der Waals surface area contributed by atoms with Gasteiger partial charge in [-0.3, -0.25) is 14.4 Å². The van der Waals surface area contributed by atoms with Gasteiger partial charge in [-0.2, -0.15) is 0 Å². The molecular formula is C67H118O6. The summed E-state index contributed by atoms with van der Waals surface area (Å²) < 4.78 is 16.9. The Hall–Kier alpha value is -3.15. The number of carbonyl (C=O) groups excluding carboxylic acids is 3. The van der Waals surface area contributed by atoms with Crippen LogP contribution < -0.4 is 0 Å². The number of rotatable bonds is 57. The molecule has 0 bridgehead atoms. The van der Waals surface area contributed by atoms with Crippen molar-refractivity contribution >= 4 is 17.9 Å². The lowest BCUT2D eigenvalue weighted by molar-refractivity contribution is -0.167. The summed E-state index contributed by atoms with van der Waals surface area (Å²) in [6.07, 6.45) is 79.1. The van der Waals surface area contributed by atoms with Gasteiger partial charge in [0.05, 0.1) is 0 Å². The molecule has 422 valence electrons. The summed E-state index contributed by atoms with van der Waals surface area (Å²) in [6.45, 7) is 6.50. The number of esters is 3. The molecule has 0 rings (SSSR count). The predicted molar refractivity (Wildman–Crippen MR) is 316 cm³/mol. The van der Waals surface area contributed by atoms with Gasteiger partial charge in [0.2, 0.25) is 0 Å². The van der Waals surface area contributed by atoms with Crippen molar-refractivity contribution in [3.63, 3.8) is 0 Å². The van der Waals surface area contributed by atoms with Crippen LogP contribution in [0.25, 0.3) is 0 Å². The lowest BCUT2D eigenvalue weighted by Gasteiger charge is -2.18. The van der Waals surface area contributed by atoms with E-state index in [1.165, 1.54) is 186 Å². The topological polar surface area (TPSA) is 78.9 Å². The highest BCUT2D eigenvalue weighted by Gasteiger charge is 2.19. The monoisotopic (exact) mass is 1020 g/mol. The number of carbonyl (C=O) groups is 3. The second kappa shape index (κ2) is 61.4. The maximum Gasteiger partial charge on any atom is 0.306 e. The molecule has 1 atom stereocenters. The number of hydrogen-bond acceptors (Lipinski definition) is 6. The molecule has 0 fully saturated rings. The van der Waals surface area contributed by atoms with Crippen molar-refractivity contribution in [1.82, 2.24) is 0 Å². The lowest BCUT2D eigenvalue weighted by atomic mass is 10.0. The van der Waals surface area contributed by atoms with Crippen LogP contribution in [0.1, 0.15) is 316 Å². The van der Waals surface area contributed by atoms with Gasteiger partial charge in [0.25, 0.3) is 0 Å². The first-order valence-corrected chi connectivity index (χ1v) is 31.4. The van der Waals surface area contributed by atoms with Gasteiger partial charge < -0.3 is 14.2 Å². The van der Waals surface area contributed by atoms with Crippen LogP contribution in [0.2, 0.25) is 0 Å². The van der Waals surface area contributed by atoms with E-state index in [1.807, 2.05) is 0 Å². The van der Waals surface area contributed by atoms with E-state index in [4.69, 9.17) is 14.2 Å². The zero-order valence-electron chi connectivity index (χ0n) is 48.4. The fourth-order valence-electron chi connectivity index (χ4n) is 9.00. The second-order valence-corrected chi connectivity index (χ2v) is 20.9. The normalized spacial score (nSPS) is 12.5. The van der Waals surface area contributed by atoms with Crippen LogP contribution in [0, 0.1) is 0 Å². The van der Waals surface area contributed by atoms with E-state index in [0.29, 0.717) is 19.3 Å². The summed E-state index contributed by atoms with van der Waals surface area (Å²) in [5, 5.41) is 0. The Kier molecular flexibility index (Phi) is 58.7. The van der Waals surface area contributed by atoms with Crippen molar-refractivity contribution in [3.8, 4) is 0 Å². The Bertz CT molecular complexity index is 1360. The van der Waals surface area contributed by atoms with Crippen LogP contribution in [0.4, 0.5) is 0 Å². The van der Waals surface area contributed by atoms with E-state index in [2.05, 4.69) is 93.7 Å². The first-order chi connectivity index (χ1) is 36.0. The minimum Gasteiger partial charge on any atom is -0.462 e. The Morgan fingerprint density at radius 1 is 0.288 bits per heavy atom. The third kappa shape index (κ3) is 59.6. The first-order valence-electron chi connectivity index (χ1n) is 31.4. The van der Waals surface area contributed by atoms with Crippen LogP contribution >= 0.6 is 0 Å². The molecule has 6 heteroatoms. The van der Waals surface area contributed by atoms with E-state index in [9.17, 15) is 14.4 Å². The number of allylic oxidation sites excluding steroid dienone is 12. The summed E-state index contributed by atoms with van der Waals surface area (Å²) in [4.78, 5) is 38.3. The summed E-state index contributed by atoms with van der Waals surface area (Å²) in [6, 6.07) is 0. The third-order valence-corrected chi connectivity index (χ3v) is 13.7. The minimum absolute atomic E-state index is 0.0875. The molecule has 0 aromatic rings. The largest absolute Gasteiger partial charge is 0.462 e. The zero-order chi connectivity index (χ0) is 52.9. The van der Waals surface area contributed by atoms with Crippen LogP contribution in [0.5, 0.6) is 0 Å². The maximum atomic E-state index is 12.9. The SMILES string of the molecule is CC/C=C\C/C=C\C/C=C\C/C=C\CCCCC(=O)OC[C@H](COC(=O)CCCCCCCCCCCCCCCCCCCCCCC)OC(=O)CCCCCCCCCCC/C=C\C/C=C\CCCCC. The average Bonchev–Trinajstić information content (AvgIpc) is 3.39. The molecule has 0 saturated carbocycles. The molecule has 0 radical (unpaired) electrons. The molecule has 0 aromatic carbocycles. The maximum absolute atomic E-state index is 12.9. The van der Waals surface area contributed by atoms with E-state index >= 15 is 0 Å². The third-order valence-electron chi connectivity index (χ3n) is 13.7. The molecule has 0 unspecified atom stereocenters. The Morgan fingerprint density at radius 3 is 0.890 bits per heavy atom. The van der Waals surface area contributed by atoms with Gasteiger partial charge in [0.15, 0.2) is 6.10 Å². The predicted octanol–water partition coefficient (Wildman–Crippen LogP) is 21.3. The summed E-state index contributed by atoms with van der Waals surface area (Å²) in [7, 11) is 0. The fraction of sp³-hybridized carbons (Fsp3) is 0.776. The van der Waals surface area contributed by atoms with Crippen molar-refractivity contribution < 1.29 is 28.6 Å². The van der Waals surface area contributed by atoms with Crippen LogP contribution in [-0.2, 0) is 28.6 Å². The minimum atomic E-state index is -0.794. The van der Waals surface area contributed by atoms with Crippen LogP contribution in [0.3, 0.4) is 0 Å². The fourth-order valence-corrected chi connectivity index (χ4v) is 9.00. The molecule has 0 heterocycles. The van der Waals surface area contributed by atoms with Crippen LogP contribution in [-0.4, -0.2) is 37.2 Å². The van der Waals surface area contributed by atoms with Gasteiger partial charge in [-0.15, -0.1) is 0 Å². The first kappa shape index (κ1) is 69.8. The molecule has 6 nitrogen and oxygen atoms in total. The molecular weight excluding hydrogens is 901 g/mol. The molecule has 0 aliphatic rings. The van der Waals surface area contributed by atoms with Gasteiger partial charge in [-0.05, 0) is 89.9 Å². The summed E-state index contributed by atoms with van der Waals surface area (Å²) >= 11 is 0. The second-order valence-electron chi connectivity index (χ2n) is 20.9. The zero-order valence-corrected chi connectivity index (χ0v) is 48.4. The number of hydrogen-bond donors (Lipinski definition) is 0. The van der Waals surface area contributed by atoms with E-state index in [-0.39, 0.29) is 31.1 Å². The Labute approximate surface area is 453 Å². The standard InChI is InChI=1S/C67H118O6/c1-4-7-10-13-16-19-22-25-28-30-32-33-35-36-39-42-45-48-51-54-57-60-66(69)72-63-64(62-71-65(68)59-56-53-50-47-44-41-38-27-24-21-18-15-12-9-6-3)73-67(70)61-58-55-52-49-46-43-40-37-34-31-29-26-23-20-17-14-11-8-5-2/h9,12,17-18,20-21,26-27,29,38,44,47,64H,4-8,10-11,13-16,19,22-25,28,30-37,39-43,45-46,48-63H2,1-3H3/b12-9-,20-17-,21-18-,29-26-,38-27-,47-44-/t64-/m1/s1. The van der Waals surface area contributed by atoms with Gasteiger partial charge in [-0.25, -0.2) is 0 Å². The van der Waals surface area contributed by atoms with Gasteiger partial charge in [0, 0.05) is 19.3 Å². The van der Waals surface area contributed by atoms with E-state index in [0.717, 1.165) is 89.9 Å². The highest BCUT2D eigenvalue weighted by atomic mass is 16.6. The molecule has 0 spiro atoms. The van der Waals surface area contributed by atoms with Crippen LogP contribution in [0.15, 0.2) is 72.9 Å². The average molecular weight is 1020 g/mol. The van der Waals surface area contributed by atoms with Crippen molar-refractivity contribution in [1.29, 1.82) is 0 Å². The van der Waals surface area contributed by atoms with E-state index < -0.39 is 6.10 Å². The Balaban J connectivity index is 4.37. The van der Waals surface area contributed by atoms with Crippen molar-refractivity contribution in [2.45, 2.75) is 322 Å². The quantitative estimate of drug-likeness (QED) is 0.0261. The van der Waals surface area contributed by atoms with E-state index in [1.54, 1.807) is 0 Å². The molecule has 0 saturated heterocycles. The number of unbranched alkanes of at least 4 members (excludes halogenated alkanes) is 34. The van der Waals surface area contributed by atoms with Gasteiger partial charge in [-0.1, -0.05) is 280 Å². The van der Waals surface area contributed by atoms with Crippen molar-refractivity contribution in [3.05, 3.63) is 72.9 Å². The summed E-state index contributed by atoms with van der Waals surface area (Å²) in [5.41, 5.74) is 0.